The molecule has 166 valence electrons. The van der Waals surface area contributed by atoms with Crippen molar-refractivity contribution in [3.8, 4) is 0 Å². The zero-order valence-corrected chi connectivity index (χ0v) is 18.4. The third kappa shape index (κ3) is 4.04. The van der Waals surface area contributed by atoms with Crippen molar-refractivity contribution in [3.05, 3.63) is 77.5 Å². The number of ether oxygens (including phenoxy) is 1. The van der Waals surface area contributed by atoms with E-state index >= 15 is 0 Å². The van der Waals surface area contributed by atoms with Gasteiger partial charge in [0.2, 0.25) is 10.0 Å². The van der Waals surface area contributed by atoms with E-state index in [9.17, 15) is 18.0 Å². The van der Waals surface area contributed by atoms with Gasteiger partial charge in [-0.15, -0.1) is 6.58 Å². The lowest BCUT2D eigenvalue weighted by Crippen LogP contribution is -2.36. The van der Waals surface area contributed by atoms with Gasteiger partial charge in [0.1, 0.15) is 0 Å². The molecule has 2 heterocycles. The van der Waals surface area contributed by atoms with Crippen LogP contribution in [-0.2, 0) is 27.7 Å². The molecule has 3 aromatic rings. The average molecular weight is 454 g/mol. The topological polar surface area (TPSA) is 109 Å². The number of hydrogen-bond acceptors (Lipinski definition) is 5. The molecule has 0 bridgehead atoms. The van der Waals surface area contributed by atoms with Crippen molar-refractivity contribution in [1.82, 2.24) is 14.6 Å². The van der Waals surface area contributed by atoms with Crippen molar-refractivity contribution >= 4 is 32.8 Å². The van der Waals surface area contributed by atoms with Gasteiger partial charge in [-0.3, -0.25) is 4.79 Å². The standard InChI is InChI=1S/C23H23N3O5S/c1-3-10-24-32(29,30)17-6-4-5-15(12-17)22(27)26-11-9-21-19(14-26)18-13-16(23(28)31-2)7-8-20(18)25-21/h3-8,12-13,24-25H,1,9-11,14H2,2H3. The van der Waals surface area contributed by atoms with Crippen LogP contribution in [0.2, 0.25) is 0 Å². The summed E-state index contributed by atoms with van der Waals surface area (Å²) in [6.45, 7) is 4.45. The number of benzene rings is 2. The highest BCUT2D eigenvalue weighted by Gasteiger charge is 2.26. The molecular weight excluding hydrogens is 430 g/mol. The molecule has 8 nitrogen and oxygen atoms in total. The molecule has 0 saturated heterocycles. The van der Waals surface area contributed by atoms with Gasteiger partial charge in [-0.1, -0.05) is 12.1 Å². The first-order valence-electron chi connectivity index (χ1n) is 10.1. The fraction of sp³-hybridized carbons (Fsp3) is 0.217. The lowest BCUT2D eigenvalue weighted by atomic mass is 10.0. The number of carbonyl (C=O) groups excluding carboxylic acids is 2. The van der Waals surface area contributed by atoms with Crippen molar-refractivity contribution in [2.45, 2.75) is 17.9 Å². The van der Waals surface area contributed by atoms with Crippen LogP contribution < -0.4 is 4.72 Å². The number of hydrogen-bond donors (Lipinski definition) is 2. The van der Waals surface area contributed by atoms with Crippen molar-refractivity contribution in [1.29, 1.82) is 0 Å². The summed E-state index contributed by atoms with van der Waals surface area (Å²) in [5.41, 5.74) is 3.59. The highest BCUT2D eigenvalue weighted by molar-refractivity contribution is 7.89. The maximum Gasteiger partial charge on any atom is 0.337 e. The molecule has 4 rings (SSSR count). The third-order valence-electron chi connectivity index (χ3n) is 5.49. The van der Waals surface area contributed by atoms with E-state index in [2.05, 4.69) is 16.3 Å². The smallest absolute Gasteiger partial charge is 0.337 e. The fourth-order valence-electron chi connectivity index (χ4n) is 3.86. The predicted octanol–water partition coefficient (Wildman–Crippen LogP) is 2.62. The van der Waals surface area contributed by atoms with Crippen molar-refractivity contribution in [3.63, 3.8) is 0 Å². The van der Waals surface area contributed by atoms with Gasteiger partial charge in [-0.25, -0.2) is 17.9 Å². The monoisotopic (exact) mass is 453 g/mol. The Morgan fingerprint density at radius 2 is 2.03 bits per heavy atom. The number of H-pyrrole nitrogens is 1. The number of aromatic nitrogens is 1. The number of amides is 1. The van der Waals surface area contributed by atoms with E-state index in [1.165, 1.54) is 25.3 Å². The summed E-state index contributed by atoms with van der Waals surface area (Å²) in [6.07, 6.45) is 2.08. The number of esters is 1. The van der Waals surface area contributed by atoms with Crippen molar-refractivity contribution in [2.24, 2.45) is 0 Å². The quantitative estimate of drug-likeness (QED) is 0.441. The molecule has 0 fully saturated rings. The molecule has 1 aliphatic rings. The normalized spacial score (nSPS) is 13.6. The molecule has 2 aromatic carbocycles. The van der Waals surface area contributed by atoms with Crippen molar-refractivity contribution < 1.29 is 22.7 Å². The van der Waals surface area contributed by atoms with E-state index in [4.69, 9.17) is 4.74 Å². The molecule has 9 heteroatoms. The molecular formula is C23H23N3O5S. The zero-order valence-electron chi connectivity index (χ0n) is 17.6. The number of carbonyl (C=O) groups is 2. The Labute approximate surface area is 185 Å². The van der Waals surface area contributed by atoms with Crippen LogP contribution in [0.3, 0.4) is 0 Å². The summed E-state index contributed by atoms with van der Waals surface area (Å²) in [4.78, 5) is 30.2. The first kappa shape index (κ1) is 21.8. The first-order valence-corrected chi connectivity index (χ1v) is 11.5. The molecule has 0 spiro atoms. The molecule has 0 unspecified atom stereocenters. The number of fused-ring (bicyclic) bond motifs is 3. The summed E-state index contributed by atoms with van der Waals surface area (Å²) >= 11 is 0. The second kappa shape index (κ2) is 8.60. The van der Waals surface area contributed by atoms with Crippen LogP contribution in [0.15, 0.2) is 60.0 Å². The summed E-state index contributed by atoms with van der Waals surface area (Å²) in [7, 11) is -2.40. The Morgan fingerprint density at radius 3 is 2.78 bits per heavy atom. The number of aromatic amines is 1. The van der Waals surface area contributed by atoms with Gasteiger partial charge in [0, 0.05) is 53.8 Å². The lowest BCUT2D eigenvalue weighted by molar-refractivity contribution is 0.0600. The molecule has 32 heavy (non-hydrogen) atoms. The first-order chi connectivity index (χ1) is 15.3. The van der Waals surface area contributed by atoms with Crippen LogP contribution in [0.5, 0.6) is 0 Å². The number of methoxy groups -OCH3 is 1. The maximum atomic E-state index is 13.2. The summed E-state index contributed by atoms with van der Waals surface area (Å²) < 4.78 is 32.0. The largest absolute Gasteiger partial charge is 0.465 e. The molecule has 0 aliphatic carbocycles. The van der Waals surface area contributed by atoms with E-state index in [-0.39, 0.29) is 17.3 Å². The van der Waals surface area contributed by atoms with Crippen LogP contribution in [0, 0.1) is 0 Å². The highest BCUT2D eigenvalue weighted by Crippen LogP contribution is 2.29. The van der Waals surface area contributed by atoms with Gasteiger partial charge < -0.3 is 14.6 Å². The lowest BCUT2D eigenvalue weighted by Gasteiger charge is -2.27. The molecule has 0 saturated carbocycles. The van der Waals surface area contributed by atoms with Gasteiger partial charge in [-0.2, -0.15) is 0 Å². The minimum absolute atomic E-state index is 0.0257. The molecule has 0 radical (unpaired) electrons. The molecule has 1 aliphatic heterocycles. The Bertz CT molecular complexity index is 1330. The summed E-state index contributed by atoms with van der Waals surface area (Å²) in [5, 5.41) is 0.866. The molecule has 1 aromatic heterocycles. The van der Waals surface area contributed by atoms with E-state index in [1.54, 1.807) is 29.2 Å². The van der Waals surface area contributed by atoms with E-state index in [1.807, 2.05) is 6.07 Å². The summed E-state index contributed by atoms with van der Waals surface area (Å²) in [5.74, 6) is -0.677. The fourth-order valence-corrected chi connectivity index (χ4v) is 4.91. The Morgan fingerprint density at radius 1 is 1.22 bits per heavy atom. The second-order valence-corrected chi connectivity index (χ2v) is 9.25. The van der Waals surface area contributed by atoms with Crippen LogP contribution in [0.25, 0.3) is 10.9 Å². The van der Waals surface area contributed by atoms with Crippen molar-refractivity contribution in [2.75, 3.05) is 20.2 Å². The van der Waals surface area contributed by atoms with E-state index < -0.39 is 16.0 Å². The minimum atomic E-state index is -3.73. The highest BCUT2D eigenvalue weighted by atomic mass is 32.2. The molecule has 1 amide bonds. The van der Waals surface area contributed by atoms with Gasteiger partial charge in [0.15, 0.2) is 0 Å². The van der Waals surface area contributed by atoms with E-state index in [0.29, 0.717) is 30.6 Å². The molecule has 2 N–H and O–H groups in total. The van der Waals surface area contributed by atoms with Gasteiger partial charge in [0.05, 0.1) is 17.6 Å². The van der Waals surface area contributed by atoms with Crippen LogP contribution >= 0.6 is 0 Å². The number of sulfonamides is 1. The molecule has 0 atom stereocenters. The Kier molecular flexibility index (Phi) is 5.86. The Balaban J connectivity index is 1.62. The van der Waals surface area contributed by atoms with Crippen LogP contribution in [0.1, 0.15) is 32.0 Å². The minimum Gasteiger partial charge on any atom is -0.465 e. The van der Waals surface area contributed by atoms with Gasteiger partial charge in [-0.05, 0) is 36.4 Å². The van der Waals surface area contributed by atoms with Crippen LogP contribution in [0.4, 0.5) is 0 Å². The summed E-state index contributed by atoms with van der Waals surface area (Å²) in [6, 6.07) is 11.3. The SMILES string of the molecule is C=CCNS(=O)(=O)c1cccc(C(=O)N2CCc3[nH]c4ccc(C(=O)OC)cc4c3C2)c1. The number of nitrogens with one attached hydrogen (secondary N) is 2. The Hall–Kier alpha value is -3.43. The number of rotatable bonds is 6. The third-order valence-corrected chi connectivity index (χ3v) is 6.91. The second-order valence-electron chi connectivity index (χ2n) is 7.48. The van der Waals surface area contributed by atoms with Gasteiger partial charge in [0.25, 0.3) is 5.91 Å². The maximum absolute atomic E-state index is 13.2. The zero-order chi connectivity index (χ0) is 22.9. The van der Waals surface area contributed by atoms with Gasteiger partial charge >= 0.3 is 5.97 Å². The van der Waals surface area contributed by atoms with Crippen LogP contribution in [-0.4, -0.2) is 50.4 Å². The number of nitrogens with zero attached hydrogens (tertiary/aromatic N) is 1. The average Bonchev–Trinajstić information content (AvgIpc) is 3.19. The predicted molar refractivity (Wildman–Crippen MR) is 120 cm³/mol. The van der Waals surface area contributed by atoms with E-state index in [0.717, 1.165) is 22.2 Å².